The first-order valence-electron chi connectivity index (χ1n) is 6.88. The molecule has 0 aliphatic carbocycles. The minimum Gasteiger partial charge on any atom is -0.496 e. The number of benzene rings is 2. The second-order valence-electron chi connectivity index (χ2n) is 4.89. The summed E-state index contributed by atoms with van der Waals surface area (Å²) in [6, 6.07) is 13.2. The van der Waals surface area contributed by atoms with Gasteiger partial charge in [-0.25, -0.2) is 0 Å². The highest BCUT2D eigenvalue weighted by atomic mass is 16.5. The standard InChI is InChI=1S/C17H20N2O2/c1-12-5-3-4-6-13(12)9-10-19-17(20)15-8-7-14(18)11-16(15)21-2/h3-8,11H,9-10,18H2,1-2H3,(H,19,20). The van der Waals surface area contributed by atoms with Crippen molar-refractivity contribution in [3.8, 4) is 5.75 Å². The molecule has 0 fully saturated rings. The summed E-state index contributed by atoms with van der Waals surface area (Å²) in [7, 11) is 1.53. The van der Waals surface area contributed by atoms with E-state index in [0.29, 0.717) is 23.5 Å². The van der Waals surface area contributed by atoms with E-state index in [0.717, 1.165) is 6.42 Å². The average Bonchev–Trinajstić information content (AvgIpc) is 2.48. The highest BCUT2D eigenvalue weighted by Crippen LogP contribution is 2.21. The average molecular weight is 284 g/mol. The van der Waals surface area contributed by atoms with Crippen LogP contribution in [0.4, 0.5) is 5.69 Å². The Balaban J connectivity index is 1.98. The second-order valence-corrected chi connectivity index (χ2v) is 4.89. The molecule has 0 aliphatic heterocycles. The van der Waals surface area contributed by atoms with E-state index >= 15 is 0 Å². The van der Waals surface area contributed by atoms with Crippen LogP contribution in [0.5, 0.6) is 5.75 Å². The molecule has 21 heavy (non-hydrogen) atoms. The molecule has 1 amide bonds. The molecular weight excluding hydrogens is 264 g/mol. The molecule has 2 aromatic rings. The van der Waals surface area contributed by atoms with Gasteiger partial charge in [-0.05, 0) is 36.6 Å². The number of ether oxygens (including phenoxy) is 1. The van der Waals surface area contributed by atoms with Crippen LogP contribution < -0.4 is 15.8 Å². The number of rotatable bonds is 5. The second kappa shape index (κ2) is 6.79. The molecule has 110 valence electrons. The van der Waals surface area contributed by atoms with Gasteiger partial charge < -0.3 is 15.8 Å². The number of nitrogens with two attached hydrogens (primary N) is 1. The first-order chi connectivity index (χ1) is 10.1. The maximum absolute atomic E-state index is 12.2. The first kappa shape index (κ1) is 14.9. The summed E-state index contributed by atoms with van der Waals surface area (Å²) < 4.78 is 5.19. The Morgan fingerprint density at radius 1 is 1.24 bits per heavy atom. The summed E-state index contributed by atoms with van der Waals surface area (Å²) in [5.41, 5.74) is 9.22. The van der Waals surface area contributed by atoms with Crippen molar-refractivity contribution in [2.24, 2.45) is 0 Å². The molecule has 2 rings (SSSR count). The van der Waals surface area contributed by atoms with Crippen molar-refractivity contribution in [3.63, 3.8) is 0 Å². The summed E-state index contributed by atoms with van der Waals surface area (Å²) in [5, 5.41) is 2.91. The van der Waals surface area contributed by atoms with E-state index in [1.54, 1.807) is 18.2 Å². The number of nitrogen functional groups attached to an aromatic ring is 1. The van der Waals surface area contributed by atoms with Crippen LogP contribution >= 0.6 is 0 Å². The van der Waals surface area contributed by atoms with Gasteiger partial charge in [0, 0.05) is 18.3 Å². The van der Waals surface area contributed by atoms with Gasteiger partial charge in [0.2, 0.25) is 0 Å². The van der Waals surface area contributed by atoms with Crippen molar-refractivity contribution in [1.82, 2.24) is 5.32 Å². The van der Waals surface area contributed by atoms with Crippen LogP contribution in [0.15, 0.2) is 42.5 Å². The van der Waals surface area contributed by atoms with Crippen LogP contribution in [0, 0.1) is 6.92 Å². The minimum absolute atomic E-state index is 0.152. The predicted octanol–water partition coefficient (Wildman–Crippen LogP) is 2.56. The Labute approximate surface area is 124 Å². The van der Waals surface area contributed by atoms with E-state index < -0.39 is 0 Å². The summed E-state index contributed by atoms with van der Waals surface area (Å²) in [4.78, 5) is 12.2. The molecule has 4 heteroatoms. The van der Waals surface area contributed by atoms with Crippen LogP contribution in [0.2, 0.25) is 0 Å². The SMILES string of the molecule is COc1cc(N)ccc1C(=O)NCCc1ccccc1C. The monoisotopic (exact) mass is 284 g/mol. The summed E-state index contributed by atoms with van der Waals surface area (Å²) in [6.07, 6.45) is 0.801. The van der Waals surface area contributed by atoms with Gasteiger partial charge in [0.25, 0.3) is 5.91 Å². The molecule has 0 bridgehead atoms. The summed E-state index contributed by atoms with van der Waals surface area (Å²) in [5.74, 6) is 0.337. The smallest absolute Gasteiger partial charge is 0.255 e. The van der Waals surface area contributed by atoms with Gasteiger partial charge in [0.05, 0.1) is 12.7 Å². The number of carbonyl (C=O) groups is 1. The molecule has 0 radical (unpaired) electrons. The number of carbonyl (C=O) groups excluding carboxylic acids is 1. The number of amides is 1. The molecule has 0 spiro atoms. The molecule has 0 aromatic heterocycles. The lowest BCUT2D eigenvalue weighted by molar-refractivity contribution is 0.0951. The highest BCUT2D eigenvalue weighted by molar-refractivity contribution is 5.97. The fourth-order valence-corrected chi connectivity index (χ4v) is 2.19. The van der Waals surface area contributed by atoms with E-state index in [9.17, 15) is 4.79 Å². The maximum atomic E-state index is 12.2. The van der Waals surface area contributed by atoms with Crippen molar-refractivity contribution in [2.45, 2.75) is 13.3 Å². The lowest BCUT2D eigenvalue weighted by atomic mass is 10.1. The van der Waals surface area contributed by atoms with Crippen LogP contribution in [-0.2, 0) is 6.42 Å². The molecule has 2 aromatic carbocycles. The highest BCUT2D eigenvalue weighted by Gasteiger charge is 2.11. The Hall–Kier alpha value is -2.49. The fourth-order valence-electron chi connectivity index (χ4n) is 2.19. The summed E-state index contributed by atoms with van der Waals surface area (Å²) in [6.45, 7) is 2.65. The molecule has 0 aliphatic rings. The summed E-state index contributed by atoms with van der Waals surface area (Å²) >= 11 is 0. The molecule has 0 heterocycles. The Morgan fingerprint density at radius 2 is 2.00 bits per heavy atom. The zero-order chi connectivity index (χ0) is 15.2. The zero-order valence-electron chi connectivity index (χ0n) is 12.3. The van der Waals surface area contributed by atoms with Gasteiger partial charge in [0.1, 0.15) is 5.75 Å². The minimum atomic E-state index is -0.152. The Bertz CT molecular complexity index is 638. The van der Waals surface area contributed by atoms with E-state index in [-0.39, 0.29) is 5.91 Å². The van der Waals surface area contributed by atoms with Crippen molar-refractivity contribution in [1.29, 1.82) is 0 Å². The number of anilines is 1. The third-order valence-electron chi connectivity index (χ3n) is 3.41. The van der Waals surface area contributed by atoms with E-state index in [1.165, 1.54) is 18.2 Å². The first-order valence-corrected chi connectivity index (χ1v) is 6.88. The van der Waals surface area contributed by atoms with Crippen molar-refractivity contribution < 1.29 is 9.53 Å². The van der Waals surface area contributed by atoms with Crippen LogP contribution in [0.3, 0.4) is 0 Å². The largest absolute Gasteiger partial charge is 0.496 e. The van der Waals surface area contributed by atoms with E-state index in [1.807, 2.05) is 12.1 Å². The van der Waals surface area contributed by atoms with Gasteiger partial charge in [0.15, 0.2) is 0 Å². The van der Waals surface area contributed by atoms with Gasteiger partial charge >= 0.3 is 0 Å². The lowest BCUT2D eigenvalue weighted by Gasteiger charge is -2.10. The van der Waals surface area contributed by atoms with Gasteiger partial charge in [-0.2, -0.15) is 0 Å². The Kier molecular flexibility index (Phi) is 4.82. The van der Waals surface area contributed by atoms with E-state index in [2.05, 4.69) is 24.4 Å². The number of hydrogen-bond acceptors (Lipinski definition) is 3. The topological polar surface area (TPSA) is 64.3 Å². The fraction of sp³-hybridized carbons (Fsp3) is 0.235. The molecule has 0 unspecified atom stereocenters. The number of aryl methyl sites for hydroxylation is 1. The quantitative estimate of drug-likeness (QED) is 0.829. The van der Waals surface area contributed by atoms with Gasteiger partial charge in [-0.1, -0.05) is 24.3 Å². The van der Waals surface area contributed by atoms with Crippen LogP contribution in [-0.4, -0.2) is 19.6 Å². The maximum Gasteiger partial charge on any atom is 0.255 e. The molecule has 0 saturated heterocycles. The third kappa shape index (κ3) is 3.75. The van der Waals surface area contributed by atoms with Crippen molar-refractivity contribution >= 4 is 11.6 Å². The zero-order valence-corrected chi connectivity index (χ0v) is 12.3. The molecule has 0 saturated carbocycles. The predicted molar refractivity (Wildman–Crippen MR) is 84.6 cm³/mol. The lowest BCUT2D eigenvalue weighted by Crippen LogP contribution is -2.26. The van der Waals surface area contributed by atoms with Crippen molar-refractivity contribution in [3.05, 3.63) is 59.2 Å². The molecular formula is C17H20N2O2. The normalized spacial score (nSPS) is 10.2. The molecule has 4 nitrogen and oxygen atoms in total. The van der Waals surface area contributed by atoms with Crippen LogP contribution in [0.25, 0.3) is 0 Å². The number of methoxy groups -OCH3 is 1. The van der Waals surface area contributed by atoms with E-state index in [4.69, 9.17) is 10.5 Å². The third-order valence-corrected chi connectivity index (χ3v) is 3.41. The van der Waals surface area contributed by atoms with Gasteiger partial charge in [-0.3, -0.25) is 4.79 Å². The van der Waals surface area contributed by atoms with Crippen LogP contribution in [0.1, 0.15) is 21.5 Å². The number of nitrogens with one attached hydrogen (secondary N) is 1. The Morgan fingerprint density at radius 3 is 2.71 bits per heavy atom. The molecule has 0 atom stereocenters. The van der Waals surface area contributed by atoms with Gasteiger partial charge in [-0.15, -0.1) is 0 Å². The molecule has 3 N–H and O–H groups in total. The van der Waals surface area contributed by atoms with Crippen molar-refractivity contribution in [2.75, 3.05) is 19.4 Å². The number of hydrogen-bond donors (Lipinski definition) is 2.